The standard InChI is InChI=1S/C18H21FN4O2S3/c1-13-11-14(6-7-15(13)19)12-16-20-18(27-21-16)22(2)8-9-23(3)28(24,25)17-5-4-10-26-17/h4-7,10-11H,8-9,12H2,1-3H3. The Morgan fingerprint density at radius 3 is 2.64 bits per heavy atom. The van der Waals surface area contributed by atoms with E-state index in [0.717, 1.165) is 10.7 Å². The number of hydrogen-bond donors (Lipinski definition) is 0. The van der Waals surface area contributed by atoms with E-state index < -0.39 is 10.0 Å². The first-order valence-electron chi connectivity index (χ1n) is 8.56. The first kappa shape index (κ1) is 20.8. The van der Waals surface area contributed by atoms with E-state index in [0.29, 0.717) is 35.1 Å². The van der Waals surface area contributed by atoms with Gasteiger partial charge in [0, 0.05) is 45.1 Å². The molecule has 0 aliphatic rings. The molecule has 2 heterocycles. The topological polar surface area (TPSA) is 66.4 Å². The number of aryl methyl sites for hydroxylation is 1. The normalized spacial score (nSPS) is 11.9. The summed E-state index contributed by atoms with van der Waals surface area (Å²) >= 11 is 2.47. The number of rotatable bonds is 8. The highest BCUT2D eigenvalue weighted by Gasteiger charge is 2.22. The number of halogens is 1. The molecule has 0 aliphatic heterocycles. The van der Waals surface area contributed by atoms with Gasteiger partial charge in [-0.25, -0.2) is 17.8 Å². The smallest absolute Gasteiger partial charge is 0.252 e. The van der Waals surface area contributed by atoms with Gasteiger partial charge in [0.05, 0.1) is 0 Å². The van der Waals surface area contributed by atoms with Crippen LogP contribution < -0.4 is 4.90 Å². The number of benzene rings is 1. The van der Waals surface area contributed by atoms with Crippen LogP contribution in [0.1, 0.15) is 17.0 Å². The average molecular weight is 441 g/mol. The van der Waals surface area contributed by atoms with Crippen LogP contribution in [0.5, 0.6) is 0 Å². The van der Waals surface area contributed by atoms with Crippen LogP contribution in [0.15, 0.2) is 39.9 Å². The van der Waals surface area contributed by atoms with Gasteiger partial charge in [0.25, 0.3) is 10.0 Å². The molecule has 28 heavy (non-hydrogen) atoms. The van der Waals surface area contributed by atoms with Crippen molar-refractivity contribution in [1.82, 2.24) is 13.7 Å². The Hall–Kier alpha value is -1.88. The Bertz CT molecular complexity index is 1040. The summed E-state index contributed by atoms with van der Waals surface area (Å²) in [6, 6.07) is 8.31. The lowest BCUT2D eigenvalue weighted by molar-refractivity contribution is 0.475. The third kappa shape index (κ3) is 4.75. The van der Waals surface area contributed by atoms with Crippen LogP contribution in [0.3, 0.4) is 0 Å². The van der Waals surface area contributed by atoms with Gasteiger partial charge in [-0.1, -0.05) is 18.2 Å². The molecule has 0 fully saturated rings. The van der Waals surface area contributed by atoms with E-state index in [9.17, 15) is 12.8 Å². The number of anilines is 1. The van der Waals surface area contributed by atoms with Gasteiger partial charge in [0.2, 0.25) is 5.13 Å². The lowest BCUT2D eigenvalue weighted by atomic mass is 10.1. The zero-order valence-corrected chi connectivity index (χ0v) is 18.2. The molecule has 0 amide bonds. The molecule has 6 nitrogen and oxygen atoms in total. The van der Waals surface area contributed by atoms with Gasteiger partial charge in [-0.15, -0.1) is 11.3 Å². The van der Waals surface area contributed by atoms with E-state index in [1.54, 1.807) is 43.6 Å². The average Bonchev–Trinajstić information content (AvgIpc) is 3.34. The zero-order chi connectivity index (χ0) is 20.3. The third-order valence-corrected chi connectivity index (χ3v) is 8.38. The number of hydrogen-bond acceptors (Lipinski definition) is 7. The van der Waals surface area contributed by atoms with Crippen molar-refractivity contribution in [2.24, 2.45) is 0 Å². The SMILES string of the molecule is Cc1cc(Cc2nsc(N(C)CCN(C)S(=O)(=O)c3cccs3)n2)ccc1F. The number of likely N-dealkylation sites (N-methyl/N-ethyl adjacent to an activating group) is 2. The van der Waals surface area contributed by atoms with Crippen LogP contribution >= 0.6 is 22.9 Å². The van der Waals surface area contributed by atoms with Gasteiger partial charge in [0.15, 0.2) is 0 Å². The summed E-state index contributed by atoms with van der Waals surface area (Å²) < 4.78 is 44.4. The van der Waals surface area contributed by atoms with Crippen molar-refractivity contribution < 1.29 is 12.8 Å². The minimum Gasteiger partial charge on any atom is -0.349 e. The molecule has 150 valence electrons. The Kier molecular flexibility index (Phi) is 6.43. The highest BCUT2D eigenvalue weighted by Crippen LogP contribution is 2.21. The maximum absolute atomic E-state index is 13.4. The molecule has 3 rings (SSSR count). The van der Waals surface area contributed by atoms with Crippen molar-refractivity contribution in [3.63, 3.8) is 0 Å². The molecule has 0 atom stereocenters. The van der Waals surface area contributed by atoms with E-state index in [1.165, 1.54) is 33.2 Å². The van der Waals surface area contributed by atoms with Crippen molar-refractivity contribution in [2.45, 2.75) is 17.6 Å². The fraction of sp³-hybridized carbons (Fsp3) is 0.333. The number of thiophene rings is 1. The second-order valence-electron chi connectivity index (χ2n) is 6.43. The Morgan fingerprint density at radius 1 is 1.18 bits per heavy atom. The van der Waals surface area contributed by atoms with Crippen LogP contribution in [0.4, 0.5) is 9.52 Å². The summed E-state index contributed by atoms with van der Waals surface area (Å²) in [6.45, 7) is 2.56. The maximum atomic E-state index is 13.4. The summed E-state index contributed by atoms with van der Waals surface area (Å²) in [5, 5.41) is 2.47. The summed E-state index contributed by atoms with van der Waals surface area (Å²) in [5.41, 5.74) is 1.55. The molecule has 0 spiro atoms. The van der Waals surface area contributed by atoms with Crippen molar-refractivity contribution in [1.29, 1.82) is 0 Å². The van der Waals surface area contributed by atoms with E-state index in [-0.39, 0.29) is 5.82 Å². The molecule has 0 radical (unpaired) electrons. The summed E-state index contributed by atoms with van der Waals surface area (Å²) in [7, 11) is -0.0209. The molecule has 1 aromatic carbocycles. The van der Waals surface area contributed by atoms with Crippen molar-refractivity contribution >= 4 is 38.0 Å². The van der Waals surface area contributed by atoms with E-state index >= 15 is 0 Å². The van der Waals surface area contributed by atoms with Gasteiger partial charge < -0.3 is 4.90 Å². The Balaban J connectivity index is 1.59. The fourth-order valence-corrected chi connectivity index (χ4v) is 5.57. The Labute approximate surface area is 172 Å². The van der Waals surface area contributed by atoms with Crippen molar-refractivity contribution in [2.75, 3.05) is 32.1 Å². The molecule has 3 aromatic rings. The molecule has 10 heteroatoms. The largest absolute Gasteiger partial charge is 0.349 e. The van der Waals surface area contributed by atoms with Crippen LogP contribution in [0.25, 0.3) is 0 Å². The number of aromatic nitrogens is 2. The minimum atomic E-state index is -3.45. The van der Waals surface area contributed by atoms with Crippen LogP contribution in [0, 0.1) is 12.7 Å². The maximum Gasteiger partial charge on any atom is 0.252 e. The van der Waals surface area contributed by atoms with Crippen molar-refractivity contribution in [3.8, 4) is 0 Å². The second-order valence-corrected chi connectivity index (χ2v) is 10.4. The zero-order valence-electron chi connectivity index (χ0n) is 15.8. The summed E-state index contributed by atoms with van der Waals surface area (Å²) in [6.07, 6.45) is 0.526. The molecule has 0 bridgehead atoms. The predicted octanol–water partition coefficient (Wildman–Crippen LogP) is 3.39. The van der Waals surface area contributed by atoms with Gasteiger partial charge in [-0.05, 0) is 35.6 Å². The number of sulfonamides is 1. The Morgan fingerprint density at radius 2 is 1.96 bits per heavy atom. The quantitative estimate of drug-likeness (QED) is 0.537. The molecule has 0 saturated heterocycles. The monoisotopic (exact) mass is 440 g/mol. The van der Waals surface area contributed by atoms with Crippen LogP contribution in [-0.4, -0.2) is 49.3 Å². The molecular formula is C18H21FN4O2S3. The van der Waals surface area contributed by atoms with E-state index in [4.69, 9.17) is 0 Å². The first-order chi connectivity index (χ1) is 13.3. The first-order valence-corrected chi connectivity index (χ1v) is 11.7. The van der Waals surface area contributed by atoms with Gasteiger partial charge in [0.1, 0.15) is 15.9 Å². The van der Waals surface area contributed by atoms with Crippen molar-refractivity contribution in [3.05, 3.63) is 58.5 Å². The van der Waals surface area contributed by atoms with E-state index in [2.05, 4.69) is 9.36 Å². The predicted molar refractivity (Wildman–Crippen MR) is 111 cm³/mol. The molecule has 0 aliphatic carbocycles. The molecule has 0 saturated carbocycles. The highest BCUT2D eigenvalue weighted by atomic mass is 32.2. The summed E-state index contributed by atoms with van der Waals surface area (Å²) in [5.74, 6) is 0.439. The van der Waals surface area contributed by atoms with Gasteiger partial charge in [-0.2, -0.15) is 8.68 Å². The third-order valence-electron chi connectivity index (χ3n) is 4.28. The molecule has 0 N–H and O–H groups in total. The second kappa shape index (κ2) is 8.64. The highest BCUT2D eigenvalue weighted by molar-refractivity contribution is 7.91. The van der Waals surface area contributed by atoms with Crippen LogP contribution in [-0.2, 0) is 16.4 Å². The van der Waals surface area contributed by atoms with Gasteiger partial charge in [-0.3, -0.25) is 0 Å². The molecule has 2 aromatic heterocycles. The summed E-state index contributed by atoms with van der Waals surface area (Å²) in [4.78, 5) is 6.41. The van der Waals surface area contributed by atoms with Crippen LogP contribution in [0.2, 0.25) is 0 Å². The minimum absolute atomic E-state index is 0.225. The number of nitrogens with zero attached hydrogens (tertiary/aromatic N) is 4. The lowest BCUT2D eigenvalue weighted by Crippen LogP contribution is -2.34. The fourth-order valence-electron chi connectivity index (χ4n) is 2.54. The molecule has 0 unspecified atom stereocenters. The lowest BCUT2D eigenvalue weighted by Gasteiger charge is -2.20. The van der Waals surface area contributed by atoms with E-state index in [1.807, 2.05) is 11.9 Å². The molecular weight excluding hydrogens is 419 g/mol. The van der Waals surface area contributed by atoms with Gasteiger partial charge >= 0.3 is 0 Å².